The SMILES string of the molecule is COc1ccc(CCC(=O)NCC2CCc3nc(-c4ccccc4)[nH]c(=O)c3CC2)cc1. The number of benzene rings is 2. The van der Waals surface area contributed by atoms with Crippen LogP contribution in [0.2, 0.25) is 0 Å². The molecule has 4 rings (SSSR count). The van der Waals surface area contributed by atoms with Crippen LogP contribution in [-0.2, 0) is 24.1 Å². The Morgan fingerprint density at radius 1 is 1.09 bits per heavy atom. The molecule has 0 bridgehead atoms. The average Bonchev–Trinajstić information content (AvgIpc) is 3.05. The number of hydrogen-bond acceptors (Lipinski definition) is 4. The van der Waals surface area contributed by atoms with Crippen LogP contribution in [0.15, 0.2) is 59.4 Å². The lowest BCUT2D eigenvalue weighted by atomic mass is 9.99. The number of fused-ring (bicyclic) bond motifs is 1. The van der Waals surface area contributed by atoms with Gasteiger partial charge in [-0.3, -0.25) is 9.59 Å². The van der Waals surface area contributed by atoms with E-state index < -0.39 is 0 Å². The van der Waals surface area contributed by atoms with E-state index in [0.717, 1.165) is 47.4 Å². The van der Waals surface area contributed by atoms with E-state index >= 15 is 0 Å². The normalized spacial score (nSPS) is 15.5. The molecule has 1 amide bonds. The number of nitrogens with zero attached hydrogens (tertiary/aromatic N) is 1. The molecule has 0 saturated heterocycles. The molecule has 32 heavy (non-hydrogen) atoms. The minimum Gasteiger partial charge on any atom is -0.497 e. The second-order valence-corrected chi connectivity index (χ2v) is 8.30. The third kappa shape index (κ3) is 5.44. The number of H-pyrrole nitrogens is 1. The summed E-state index contributed by atoms with van der Waals surface area (Å²) >= 11 is 0. The summed E-state index contributed by atoms with van der Waals surface area (Å²) in [5.74, 6) is 1.84. The smallest absolute Gasteiger partial charge is 0.254 e. The third-order valence-electron chi connectivity index (χ3n) is 6.13. The van der Waals surface area contributed by atoms with E-state index in [1.807, 2.05) is 54.6 Å². The molecular weight excluding hydrogens is 402 g/mol. The molecule has 6 nitrogen and oxygen atoms in total. The summed E-state index contributed by atoms with van der Waals surface area (Å²) in [6.07, 6.45) is 4.40. The lowest BCUT2D eigenvalue weighted by Crippen LogP contribution is -2.29. The number of aryl methyl sites for hydroxylation is 2. The molecule has 1 heterocycles. The molecule has 0 fully saturated rings. The summed E-state index contributed by atoms with van der Waals surface area (Å²) in [6.45, 7) is 0.638. The van der Waals surface area contributed by atoms with E-state index in [1.54, 1.807) is 7.11 Å². The number of aromatic amines is 1. The summed E-state index contributed by atoms with van der Waals surface area (Å²) in [6, 6.07) is 17.5. The van der Waals surface area contributed by atoms with Crippen molar-refractivity contribution in [1.29, 1.82) is 0 Å². The average molecular weight is 432 g/mol. The number of methoxy groups -OCH3 is 1. The maximum atomic E-state index is 12.7. The van der Waals surface area contributed by atoms with Crippen LogP contribution in [0.3, 0.4) is 0 Å². The zero-order valence-electron chi connectivity index (χ0n) is 18.4. The Labute approximate surface area is 188 Å². The Kier molecular flexibility index (Phi) is 7.00. The zero-order chi connectivity index (χ0) is 22.3. The largest absolute Gasteiger partial charge is 0.497 e. The molecule has 166 valence electrons. The number of ether oxygens (including phenoxy) is 1. The number of carbonyl (C=O) groups excluding carboxylic acids is 1. The minimum absolute atomic E-state index is 0.0435. The van der Waals surface area contributed by atoms with Crippen molar-refractivity contribution in [2.24, 2.45) is 5.92 Å². The molecule has 0 radical (unpaired) electrons. The first kappa shape index (κ1) is 21.8. The summed E-state index contributed by atoms with van der Waals surface area (Å²) < 4.78 is 5.17. The summed E-state index contributed by atoms with van der Waals surface area (Å²) in [5, 5.41) is 3.08. The first-order valence-electron chi connectivity index (χ1n) is 11.2. The van der Waals surface area contributed by atoms with Crippen molar-refractivity contribution in [2.45, 2.75) is 38.5 Å². The number of aromatic nitrogens is 2. The van der Waals surface area contributed by atoms with Crippen molar-refractivity contribution in [3.8, 4) is 17.1 Å². The van der Waals surface area contributed by atoms with Crippen LogP contribution >= 0.6 is 0 Å². The van der Waals surface area contributed by atoms with E-state index in [9.17, 15) is 9.59 Å². The molecule has 2 aromatic carbocycles. The lowest BCUT2D eigenvalue weighted by Gasteiger charge is -2.14. The molecule has 1 atom stereocenters. The van der Waals surface area contributed by atoms with Gasteiger partial charge in [0, 0.05) is 24.1 Å². The standard InChI is InChI=1S/C26H29N3O3/c1-32-21-12-7-18(8-13-21)11-16-24(30)27-17-19-9-14-22-23(15-10-19)28-25(29-26(22)31)20-5-3-2-4-6-20/h2-8,12-13,19H,9-11,14-17H2,1H3,(H,27,30)(H,28,29,31). The van der Waals surface area contributed by atoms with Crippen LogP contribution in [0.5, 0.6) is 5.75 Å². The van der Waals surface area contributed by atoms with Gasteiger partial charge in [0.05, 0.1) is 12.8 Å². The maximum absolute atomic E-state index is 12.7. The van der Waals surface area contributed by atoms with Crippen LogP contribution < -0.4 is 15.6 Å². The van der Waals surface area contributed by atoms with Crippen LogP contribution in [0, 0.1) is 5.92 Å². The van der Waals surface area contributed by atoms with Crippen LogP contribution in [-0.4, -0.2) is 29.5 Å². The van der Waals surface area contributed by atoms with Gasteiger partial charge in [-0.05, 0) is 55.7 Å². The van der Waals surface area contributed by atoms with Gasteiger partial charge in [0.25, 0.3) is 5.56 Å². The number of rotatable bonds is 7. The first-order valence-corrected chi connectivity index (χ1v) is 11.2. The predicted molar refractivity (Wildman–Crippen MR) is 125 cm³/mol. The number of nitrogens with one attached hydrogen (secondary N) is 2. The Morgan fingerprint density at radius 3 is 2.59 bits per heavy atom. The van der Waals surface area contributed by atoms with Crippen molar-refractivity contribution < 1.29 is 9.53 Å². The van der Waals surface area contributed by atoms with E-state index in [1.165, 1.54) is 0 Å². The zero-order valence-corrected chi connectivity index (χ0v) is 18.4. The van der Waals surface area contributed by atoms with Gasteiger partial charge in [-0.2, -0.15) is 0 Å². The van der Waals surface area contributed by atoms with Crippen molar-refractivity contribution in [3.05, 3.63) is 81.8 Å². The molecular formula is C26H29N3O3. The molecule has 1 unspecified atom stereocenters. The molecule has 1 aliphatic rings. The number of amides is 1. The Hall–Kier alpha value is -3.41. The van der Waals surface area contributed by atoms with Crippen LogP contribution in [0.1, 0.15) is 36.1 Å². The van der Waals surface area contributed by atoms with E-state index in [-0.39, 0.29) is 11.5 Å². The highest BCUT2D eigenvalue weighted by atomic mass is 16.5. The fourth-order valence-corrected chi connectivity index (χ4v) is 4.18. The van der Waals surface area contributed by atoms with Gasteiger partial charge < -0.3 is 15.0 Å². The Morgan fingerprint density at radius 2 is 1.84 bits per heavy atom. The molecule has 2 N–H and O–H groups in total. The first-order chi connectivity index (χ1) is 15.6. The minimum atomic E-state index is -0.0435. The van der Waals surface area contributed by atoms with Gasteiger partial charge in [-0.25, -0.2) is 4.98 Å². The molecule has 1 aromatic heterocycles. The van der Waals surface area contributed by atoms with E-state index in [2.05, 4.69) is 10.3 Å². The fourth-order valence-electron chi connectivity index (χ4n) is 4.18. The van der Waals surface area contributed by atoms with Gasteiger partial charge >= 0.3 is 0 Å². The van der Waals surface area contributed by atoms with Crippen LogP contribution in [0.4, 0.5) is 0 Å². The van der Waals surface area contributed by atoms with Crippen molar-refractivity contribution in [2.75, 3.05) is 13.7 Å². The monoisotopic (exact) mass is 431 g/mol. The second-order valence-electron chi connectivity index (χ2n) is 8.30. The molecule has 0 aliphatic heterocycles. The quantitative estimate of drug-likeness (QED) is 0.559. The molecule has 6 heteroatoms. The fraction of sp³-hybridized carbons (Fsp3) is 0.346. The second kappa shape index (κ2) is 10.3. The van der Waals surface area contributed by atoms with Crippen molar-refractivity contribution in [1.82, 2.24) is 15.3 Å². The lowest BCUT2D eigenvalue weighted by molar-refractivity contribution is -0.121. The van der Waals surface area contributed by atoms with Crippen LogP contribution in [0.25, 0.3) is 11.4 Å². The third-order valence-corrected chi connectivity index (χ3v) is 6.13. The molecule has 3 aromatic rings. The van der Waals surface area contributed by atoms with Gasteiger partial charge in [-0.1, -0.05) is 42.5 Å². The van der Waals surface area contributed by atoms with E-state index in [0.29, 0.717) is 37.5 Å². The van der Waals surface area contributed by atoms with Crippen molar-refractivity contribution >= 4 is 5.91 Å². The molecule has 0 saturated carbocycles. The Bertz CT molecular complexity index is 1110. The highest BCUT2D eigenvalue weighted by Gasteiger charge is 2.21. The summed E-state index contributed by atoms with van der Waals surface area (Å²) in [5.41, 5.74) is 3.67. The predicted octanol–water partition coefficient (Wildman–Crippen LogP) is 3.69. The topological polar surface area (TPSA) is 84.1 Å². The summed E-state index contributed by atoms with van der Waals surface area (Å²) in [4.78, 5) is 32.7. The highest BCUT2D eigenvalue weighted by molar-refractivity contribution is 5.76. The number of hydrogen-bond donors (Lipinski definition) is 2. The van der Waals surface area contributed by atoms with Gasteiger partial charge in [0.2, 0.25) is 5.91 Å². The Balaban J connectivity index is 1.30. The molecule has 1 aliphatic carbocycles. The van der Waals surface area contributed by atoms with Gasteiger partial charge in [0.15, 0.2) is 0 Å². The summed E-state index contributed by atoms with van der Waals surface area (Å²) in [7, 11) is 1.64. The molecule has 0 spiro atoms. The number of carbonyl (C=O) groups is 1. The van der Waals surface area contributed by atoms with Gasteiger partial charge in [0.1, 0.15) is 11.6 Å². The van der Waals surface area contributed by atoms with Crippen molar-refractivity contribution in [3.63, 3.8) is 0 Å². The maximum Gasteiger partial charge on any atom is 0.254 e. The van der Waals surface area contributed by atoms with Gasteiger partial charge in [-0.15, -0.1) is 0 Å². The highest BCUT2D eigenvalue weighted by Crippen LogP contribution is 2.23. The van der Waals surface area contributed by atoms with E-state index in [4.69, 9.17) is 9.72 Å².